The molecule has 2 nitrogen and oxygen atoms in total. The highest BCUT2D eigenvalue weighted by Crippen LogP contribution is 2.00. The third-order valence-electron chi connectivity index (χ3n) is 2.08. The monoisotopic (exact) mass is 199 g/mol. The van der Waals surface area contributed by atoms with Gasteiger partial charge in [0, 0.05) is 13.2 Å². The zero-order valence-corrected chi connectivity index (χ0v) is 9.96. The van der Waals surface area contributed by atoms with Gasteiger partial charge in [0.05, 0.1) is 6.61 Å². The minimum Gasteiger partial charge on any atom is -0.380 e. The molecule has 0 aromatic rings. The Bertz CT molecular complexity index is 132. The van der Waals surface area contributed by atoms with Gasteiger partial charge in [0.15, 0.2) is 0 Å². The van der Waals surface area contributed by atoms with E-state index in [4.69, 9.17) is 4.74 Å². The van der Waals surface area contributed by atoms with E-state index in [9.17, 15) is 0 Å². The molecule has 0 aromatic heterocycles. The number of ether oxygens (including phenoxy) is 1. The molecule has 0 saturated heterocycles. The molecular weight excluding hydrogens is 174 g/mol. The molecule has 2 heteroatoms. The van der Waals surface area contributed by atoms with Crippen LogP contribution < -0.4 is 0 Å². The van der Waals surface area contributed by atoms with Crippen LogP contribution in [0.15, 0.2) is 12.2 Å². The molecule has 0 heterocycles. The van der Waals surface area contributed by atoms with Gasteiger partial charge in [0.1, 0.15) is 0 Å². The summed E-state index contributed by atoms with van der Waals surface area (Å²) in [4.78, 5) is 2.14. The third kappa shape index (κ3) is 11.7. The van der Waals surface area contributed by atoms with Crippen molar-refractivity contribution in [3.05, 3.63) is 12.2 Å². The largest absolute Gasteiger partial charge is 0.380 e. The van der Waals surface area contributed by atoms with Crippen LogP contribution in [0.2, 0.25) is 0 Å². The number of hydrogen-bond acceptors (Lipinski definition) is 2. The molecule has 0 aromatic carbocycles. The summed E-state index contributed by atoms with van der Waals surface area (Å²) in [6.45, 7) is 4.88. The Morgan fingerprint density at radius 2 is 1.86 bits per heavy atom. The van der Waals surface area contributed by atoms with Gasteiger partial charge >= 0.3 is 0 Å². The molecular formula is C12H25NO. The van der Waals surface area contributed by atoms with Gasteiger partial charge in [-0.15, -0.1) is 0 Å². The van der Waals surface area contributed by atoms with Crippen molar-refractivity contribution in [3.63, 3.8) is 0 Å². The molecule has 0 fully saturated rings. The van der Waals surface area contributed by atoms with E-state index in [-0.39, 0.29) is 0 Å². The normalized spacial score (nSPS) is 11.7. The first-order valence-electron chi connectivity index (χ1n) is 5.61. The fourth-order valence-corrected chi connectivity index (χ4v) is 1.16. The highest BCUT2D eigenvalue weighted by molar-refractivity contribution is 4.76. The maximum atomic E-state index is 5.49. The molecule has 0 radical (unpaired) electrons. The summed E-state index contributed by atoms with van der Waals surface area (Å²) in [5, 5.41) is 0. The summed E-state index contributed by atoms with van der Waals surface area (Å²) in [5.74, 6) is 0. The predicted molar refractivity (Wildman–Crippen MR) is 62.7 cm³/mol. The minimum absolute atomic E-state index is 0.863. The predicted octanol–water partition coefficient (Wildman–Crippen LogP) is 2.70. The van der Waals surface area contributed by atoms with Crippen molar-refractivity contribution in [1.29, 1.82) is 0 Å². The Labute approximate surface area is 88.9 Å². The zero-order valence-electron chi connectivity index (χ0n) is 9.96. The molecule has 0 rings (SSSR count). The molecule has 0 N–H and O–H groups in total. The summed E-state index contributed by atoms with van der Waals surface area (Å²) >= 11 is 0. The van der Waals surface area contributed by atoms with Crippen LogP contribution in [0.3, 0.4) is 0 Å². The second-order valence-corrected chi connectivity index (χ2v) is 3.83. The molecule has 0 atom stereocenters. The SMILES string of the molecule is C/C=C\CCCCCOCCN(C)C. The first-order chi connectivity index (χ1) is 6.77. The van der Waals surface area contributed by atoms with E-state index in [1.807, 2.05) is 0 Å². The van der Waals surface area contributed by atoms with Crippen molar-refractivity contribution in [2.75, 3.05) is 33.9 Å². The van der Waals surface area contributed by atoms with Gasteiger partial charge in [0.25, 0.3) is 0 Å². The smallest absolute Gasteiger partial charge is 0.0593 e. The van der Waals surface area contributed by atoms with E-state index in [0.29, 0.717) is 0 Å². The van der Waals surface area contributed by atoms with Crippen molar-refractivity contribution < 1.29 is 4.74 Å². The fraction of sp³-hybridized carbons (Fsp3) is 0.833. The lowest BCUT2D eigenvalue weighted by Crippen LogP contribution is -2.18. The van der Waals surface area contributed by atoms with Crippen molar-refractivity contribution in [1.82, 2.24) is 4.90 Å². The summed E-state index contributed by atoms with van der Waals surface area (Å²) in [5.41, 5.74) is 0. The number of rotatable bonds is 9. The average molecular weight is 199 g/mol. The van der Waals surface area contributed by atoms with Gasteiger partial charge in [0.2, 0.25) is 0 Å². The Hall–Kier alpha value is -0.340. The van der Waals surface area contributed by atoms with Crippen LogP contribution in [0, 0.1) is 0 Å². The number of allylic oxidation sites excluding steroid dienone is 2. The van der Waals surface area contributed by atoms with Crippen molar-refractivity contribution in [3.8, 4) is 0 Å². The molecule has 0 aliphatic carbocycles. The first kappa shape index (κ1) is 13.7. The summed E-state index contributed by atoms with van der Waals surface area (Å²) < 4.78 is 5.49. The fourth-order valence-electron chi connectivity index (χ4n) is 1.16. The standard InChI is InChI=1S/C12H25NO/c1-4-5-6-7-8-9-11-14-12-10-13(2)3/h4-5H,6-12H2,1-3H3/b5-4-. The molecule has 0 bridgehead atoms. The number of hydrogen-bond donors (Lipinski definition) is 0. The van der Waals surface area contributed by atoms with Gasteiger partial charge in [-0.25, -0.2) is 0 Å². The summed E-state index contributed by atoms with van der Waals surface area (Å²) in [7, 11) is 4.14. The van der Waals surface area contributed by atoms with Crippen molar-refractivity contribution in [2.24, 2.45) is 0 Å². The van der Waals surface area contributed by atoms with Crippen LogP contribution in [-0.2, 0) is 4.74 Å². The van der Waals surface area contributed by atoms with Gasteiger partial charge in [-0.2, -0.15) is 0 Å². The maximum absolute atomic E-state index is 5.49. The molecule has 0 aliphatic rings. The molecule has 0 spiro atoms. The zero-order chi connectivity index (χ0) is 10.6. The quantitative estimate of drug-likeness (QED) is 0.418. The van der Waals surface area contributed by atoms with E-state index in [0.717, 1.165) is 19.8 Å². The van der Waals surface area contributed by atoms with Gasteiger partial charge in [-0.1, -0.05) is 18.6 Å². The minimum atomic E-state index is 0.863. The third-order valence-corrected chi connectivity index (χ3v) is 2.08. The van der Waals surface area contributed by atoms with Crippen LogP contribution in [0.5, 0.6) is 0 Å². The summed E-state index contributed by atoms with van der Waals surface area (Å²) in [6, 6.07) is 0. The topological polar surface area (TPSA) is 12.5 Å². The highest BCUT2D eigenvalue weighted by Gasteiger charge is 1.91. The Morgan fingerprint density at radius 1 is 1.07 bits per heavy atom. The summed E-state index contributed by atoms with van der Waals surface area (Å²) in [6.07, 6.45) is 9.34. The van der Waals surface area contributed by atoms with E-state index >= 15 is 0 Å². The van der Waals surface area contributed by atoms with Crippen LogP contribution in [0.4, 0.5) is 0 Å². The van der Waals surface area contributed by atoms with E-state index in [2.05, 4.69) is 38.1 Å². The second kappa shape index (κ2) is 10.7. The lowest BCUT2D eigenvalue weighted by atomic mass is 10.2. The van der Waals surface area contributed by atoms with Crippen LogP contribution in [0.1, 0.15) is 32.6 Å². The lowest BCUT2D eigenvalue weighted by molar-refractivity contribution is 0.114. The van der Waals surface area contributed by atoms with Crippen molar-refractivity contribution in [2.45, 2.75) is 32.6 Å². The molecule has 14 heavy (non-hydrogen) atoms. The van der Waals surface area contributed by atoms with E-state index in [1.54, 1.807) is 0 Å². The second-order valence-electron chi connectivity index (χ2n) is 3.83. The number of unbranched alkanes of at least 4 members (excludes halogenated alkanes) is 3. The Morgan fingerprint density at radius 3 is 2.50 bits per heavy atom. The van der Waals surface area contributed by atoms with Gasteiger partial charge in [-0.3, -0.25) is 0 Å². The van der Waals surface area contributed by atoms with E-state index < -0.39 is 0 Å². The van der Waals surface area contributed by atoms with Gasteiger partial charge < -0.3 is 9.64 Å². The molecule has 0 unspecified atom stereocenters. The maximum Gasteiger partial charge on any atom is 0.0593 e. The van der Waals surface area contributed by atoms with Crippen LogP contribution in [0.25, 0.3) is 0 Å². The van der Waals surface area contributed by atoms with Crippen molar-refractivity contribution >= 4 is 0 Å². The first-order valence-corrected chi connectivity index (χ1v) is 5.61. The Balaban J connectivity index is 2.92. The van der Waals surface area contributed by atoms with E-state index in [1.165, 1.54) is 25.7 Å². The van der Waals surface area contributed by atoms with Crippen LogP contribution in [-0.4, -0.2) is 38.8 Å². The molecule has 0 amide bonds. The molecule has 0 saturated carbocycles. The van der Waals surface area contributed by atoms with Crippen LogP contribution >= 0.6 is 0 Å². The lowest BCUT2D eigenvalue weighted by Gasteiger charge is -2.09. The average Bonchev–Trinajstić information content (AvgIpc) is 2.15. The molecule has 84 valence electrons. The Kier molecular flexibility index (Phi) is 10.5. The number of likely N-dealkylation sites (N-methyl/N-ethyl adjacent to an activating group) is 1. The number of nitrogens with zero attached hydrogens (tertiary/aromatic N) is 1. The molecule has 0 aliphatic heterocycles. The van der Waals surface area contributed by atoms with Gasteiger partial charge in [-0.05, 0) is 40.3 Å². The highest BCUT2D eigenvalue weighted by atomic mass is 16.5.